The van der Waals surface area contributed by atoms with Crippen molar-refractivity contribution >= 4 is 11.9 Å². The standard InChI is InChI=1S/C23H30N4O3/c1-16(2)24-23(29)27(18-9-10-18)15-21(28)26-13-12-25-11-5-8-20(25)22(26)17-6-4-7-19(14-17)30-3/h4-8,11,14,16,18,22H,9-10,12-13,15H2,1-3H3,(H,24,29)/t22-/m0/s1. The van der Waals surface area contributed by atoms with Gasteiger partial charge in [-0.25, -0.2) is 4.79 Å². The van der Waals surface area contributed by atoms with Gasteiger partial charge < -0.3 is 24.4 Å². The molecule has 0 radical (unpaired) electrons. The van der Waals surface area contributed by atoms with Gasteiger partial charge in [0.25, 0.3) is 0 Å². The number of carbonyl (C=O) groups is 2. The second-order valence-electron chi connectivity index (χ2n) is 8.36. The Bertz CT molecular complexity index is 919. The number of ether oxygens (including phenoxy) is 1. The molecule has 0 bridgehead atoms. The maximum atomic E-state index is 13.5. The van der Waals surface area contributed by atoms with Gasteiger partial charge in [-0.05, 0) is 56.5 Å². The average molecular weight is 411 g/mol. The number of aromatic nitrogens is 1. The van der Waals surface area contributed by atoms with Crippen LogP contribution in [0.3, 0.4) is 0 Å². The van der Waals surface area contributed by atoms with Gasteiger partial charge in [0.05, 0.1) is 13.2 Å². The van der Waals surface area contributed by atoms with Crippen molar-refractivity contribution in [3.63, 3.8) is 0 Å². The van der Waals surface area contributed by atoms with Crippen LogP contribution in [0.2, 0.25) is 0 Å². The third kappa shape index (κ3) is 4.15. The van der Waals surface area contributed by atoms with E-state index >= 15 is 0 Å². The van der Waals surface area contributed by atoms with E-state index in [4.69, 9.17) is 4.74 Å². The van der Waals surface area contributed by atoms with Crippen molar-refractivity contribution in [2.24, 2.45) is 0 Å². The molecule has 4 rings (SSSR count). The van der Waals surface area contributed by atoms with Crippen molar-refractivity contribution in [3.05, 3.63) is 53.9 Å². The number of fused-ring (bicyclic) bond motifs is 1. The van der Waals surface area contributed by atoms with E-state index in [1.165, 1.54) is 0 Å². The second kappa shape index (κ2) is 8.42. The fourth-order valence-corrected chi connectivity index (χ4v) is 4.13. The molecule has 0 unspecified atom stereocenters. The van der Waals surface area contributed by atoms with Gasteiger partial charge >= 0.3 is 6.03 Å². The number of nitrogens with one attached hydrogen (secondary N) is 1. The lowest BCUT2D eigenvalue weighted by Crippen LogP contribution is -2.51. The largest absolute Gasteiger partial charge is 0.497 e. The Hall–Kier alpha value is -2.96. The molecule has 1 saturated carbocycles. The van der Waals surface area contributed by atoms with Crippen molar-refractivity contribution in [1.82, 2.24) is 19.7 Å². The minimum Gasteiger partial charge on any atom is -0.497 e. The predicted octanol–water partition coefficient (Wildman–Crippen LogP) is 3.01. The molecule has 1 aromatic heterocycles. The van der Waals surface area contributed by atoms with E-state index in [1.807, 2.05) is 49.1 Å². The number of urea groups is 1. The first-order valence-electron chi connectivity index (χ1n) is 10.6. The van der Waals surface area contributed by atoms with Crippen LogP contribution < -0.4 is 10.1 Å². The molecule has 2 heterocycles. The number of benzene rings is 1. The zero-order valence-corrected chi connectivity index (χ0v) is 17.9. The molecule has 1 aliphatic heterocycles. The van der Waals surface area contributed by atoms with Crippen LogP contribution >= 0.6 is 0 Å². The first-order chi connectivity index (χ1) is 14.5. The van der Waals surface area contributed by atoms with Crippen LogP contribution in [0.15, 0.2) is 42.6 Å². The molecule has 0 spiro atoms. The summed E-state index contributed by atoms with van der Waals surface area (Å²) in [6, 6.07) is 11.8. The Morgan fingerprint density at radius 2 is 2.00 bits per heavy atom. The maximum Gasteiger partial charge on any atom is 0.318 e. The quantitative estimate of drug-likeness (QED) is 0.796. The number of hydrogen-bond acceptors (Lipinski definition) is 3. The Morgan fingerprint density at radius 3 is 2.70 bits per heavy atom. The van der Waals surface area contributed by atoms with Crippen molar-refractivity contribution in [2.45, 2.75) is 51.4 Å². The number of amides is 3. The molecular weight excluding hydrogens is 380 g/mol. The van der Waals surface area contributed by atoms with E-state index in [9.17, 15) is 9.59 Å². The monoisotopic (exact) mass is 410 g/mol. The molecule has 2 aromatic rings. The van der Waals surface area contributed by atoms with Gasteiger partial charge in [-0.2, -0.15) is 0 Å². The summed E-state index contributed by atoms with van der Waals surface area (Å²) in [5.74, 6) is 0.737. The zero-order chi connectivity index (χ0) is 21.3. The minimum absolute atomic E-state index is 0.0268. The SMILES string of the molecule is COc1cccc([C@H]2c3cccn3CCN2C(=O)CN(C(=O)NC(C)C)C2CC2)c1. The van der Waals surface area contributed by atoms with Crippen molar-refractivity contribution in [2.75, 3.05) is 20.2 Å². The number of rotatable bonds is 6. The lowest BCUT2D eigenvalue weighted by atomic mass is 9.99. The number of nitrogens with zero attached hydrogens (tertiary/aromatic N) is 3. The van der Waals surface area contributed by atoms with Gasteiger partial charge in [0.1, 0.15) is 12.3 Å². The number of methoxy groups -OCH3 is 1. The maximum absolute atomic E-state index is 13.5. The van der Waals surface area contributed by atoms with Crippen molar-refractivity contribution in [1.29, 1.82) is 0 Å². The second-order valence-corrected chi connectivity index (χ2v) is 8.36. The Balaban J connectivity index is 1.61. The number of hydrogen-bond donors (Lipinski definition) is 1. The zero-order valence-electron chi connectivity index (χ0n) is 17.9. The highest BCUT2D eigenvalue weighted by Crippen LogP contribution is 2.34. The predicted molar refractivity (Wildman–Crippen MR) is 114 cm³/mol. The molecule has 0 saturated heterocycles. The molecule has 1 aromatic carbocycles. The molecule has 7 heteroatoms. The Morgan fingerprint density at radius 1 is 1.20 bits per heavy atom. The lowest BCUT2D eigenvalue weighted by Gasteiger charge is -2.38. The molecule has 7 nitrogen and oxygen atoms in total. The summed E-state index contributed by atoms with van der Waals surface area (Å²) in [6.07, 6.45) is 3.97. The molecule has 3 amide bonds. The van der Waals surface area contributed by atoms with Crippen LogP contribution in [-0.2, 0) is 11.3 Å². The van der Waals surface area contributed by atoms with Gasteiger partial charge in [-0.1, -0.05) is 12.1 Å². The summed E-state index contributed by atoms with van der Waals surface area (Å²) in [5.41, 5.74) is 2.08. The lowest BCUT2D eigenvalue weighted by molar-refractivity contribution is -0.134. The smallest absolute Gasteiger partial charge is 0.318 e. The third-order valence-electron chi connectivity index (χ3n) is 5.73. The topological polar surface area (TPSA) is 66.8 Å². The van der Waals surface area contributed by atoms with Crippen LogP contribution in [0.4, 0.5) is 4.79 Å². The first kappa shape index (κ1) is 20.3. The number of carbonyl (C=O) groups excluding carboxylic acids is 2. The van der Waals surface area contributed by atoms with E-state index in [-0.39, 0.29) is 36.6 Å². The van der Waals surface area contributed by atoms with Gasteiger partial charge in [-0.3, -0.25) is 4.79 Å². The van der Waals surface area contributed by atoms with Crippen LogP contribution in [-0.4, -0.2) is 58.6 Å². The van der Waals surface area contributed by atoms with Gasteiger partial charge in [-0.15, -0.1) is 0 Å². The molecule has 1 fully saturated rings. The van der Waals surface area contributed by atoms with Crippen molar-refractivity contribution in [3.8, 4) is 5.75 Å². The normalized spacial score (nSPS) is 18.1. The highest BCUT2D eigenvalue weighted by Gasteiger charge is 2.38. The van der Waals surface area contributed by atoms with Crippen LogP contribution in [0, 0.1) is 0 Å². The van der Waals surface area contributed by atoms with Crippen LogP contribution in [0.5, 0.6) is 5.75 Å². The molecule has 2 aliphatic rings. The Kier molecular flexibility index (Phi) is 5.70. The molecule has 1 N–H and O–H groups in total. The van der Waals surface area contributed by atoms with E-state index in [1.54, 1.807) is 12.0 Å². The summed E-state index contributed by atoms with van der Waals surface area (Å²) < 4.78 is 7.60. The first-order valence-corrected chi connectivity index (χ1v) is 10.6. The Labute approximate surface area is 177 Å². The summed E-state index contributed by atoms with van der Waals surface area (Å²) in [5, 5.41) is 2.94. The highest BCUT2D eigenvalue weighted by molar-refractivity contribution is 5.85. The fraction of sp³-hybridized carbons (Fsp3) is 0.478. The molecule has 1 aliphatic carbocycles. The van der Waals surface area contributed by atoms with Gasteiger partial charge in [0.15, 0.2) is 0 Å². The van der Waals surface area contributed by atoms with Crippen LogP contribution in [0.1, 0.15) is 44.0 Å². The van der Waals surface area contributed by atoms with E-state index < -0.39 is 0 Å². The molecular formula is C23H30N4O3. The third-order valence-corrected chi connectivity index (χ3v) is 5.73. The molecule has 30 heavy (non-hydrogen) atoms. The molecule has 160 valence electrons. The van der Waals surface area contributed by atoms with E-state index in [0.717, 1.165) is 36.4 Å². The molecule has 1 atom stereocenters. The van der Waals surface area contributed by atoms with E-state index in [2.05, 4.69) is 22.1 Å². The summed E-state index contributed by atoms with van der Waals surface area (Å²) in [4.78, 5) is 29.7. The van der Waals surface area contributed by atoms with E-state index in [0.29, 0.717) is 6.54 Å². The summed E-state index contributed by atoms with van der Waals surface area (Å²) >= 11 is 0. The summed E-state index contributed by atoms with van der Waals surface area (Å²) in [6.45, 7) is 5.32. The fourth-order valence-electron chi connectivity index (χ4n) is 4.13. The van der Waals surface area contributed by atoms with Gasteiger partial charge in [0, 0.05) is 37.1 Å². The van der Waals surface area contributed by atoms with Crippen LogP contribution in [0.25, 0.3) is 0 Å². The van der Waals surface area contributed by atoms with Crippen molar-refractivity contribution < 1.29 is 14.3 Å². The highest BCUT2D eigenvalue weighted by atomic mass is 16.5. The van der Waals surface area contributed by atoms with Gasteiger partial charge in [0.2, 0.25) is 5.91 Å². The summed E-state index contributed by atoms with van der Waals surface area (Å²) in [7, 11) is 1.65. The minimum atomic E-state index is -0.203. The average Bonchev–Trinajstić information content (AvgIpc) is 3.46.